The maximum absolute atomic E-state index is 12.5. The van der Waals surface area contributed by atoms with E-state index < -0.39 is 0 Å². The molecule has 3 fully saturated rings. The summed E-state index contributed by atoms with van der Waals surface area (Å²) in [6, 6.07) is 4.59. The second-order valence-corrected chi connectivity index (χ2v) is 9.05. The number of ether oxygens (including phenoxy) is 1. The van der Waals surface area contributed by atoms with Crippen LogP contribution in [0.3, 0.4) is 0 Å². The molecule has 0 spiro atoms. The Hall–Kier alpha value is -1.66. The Kier molecular flexibility index (Phi) is 6.70. The van der Waals surface area contributed by atoms with E-state index in [9.17, 15) is 4.79 Å². The quantitative estimate of drug-likeness (QED) is 0.760. The summed E-state index contributed by atoms with van der Waals surface area (Å²) in [5, 5.41) is 0. The first-order valence-electron chi connectivity index (χ1n) is 11.5. The second-order valence-electron chi connectivity index (χ2n) is 9.05. The van der Waals surface area contributed by atoms with Crippen molar-refractivity contribution in [2.75, 3.05) is 44.2 Å². The van der Waals surface area contributed by atoms with Crippen molar-refractivity contribution < 1.29 is 9.53 Å². The Morgan fingerprint density at radius 2 is 1.59 bits per heavy atom. The molecule has 0 atom stereocenters. The van der Waals surface area contributed by atoms with Gasteiger partial charge in [0.2, 0.25) is 0 Å². The minimum Gasteiger partial charge on any atom is -0.375 e. The van der Waals surface area contributed by atoms with Crippen LogP contribution in [0.4, 0.5) is 5.69 Å². The number of anilines is 1. The lowest BCUT2D eigenvalue weighted by Crippen LogP contribution is -2.43. The first-order valence-corrected chi connectivity index (χ1v) is 11.5. The van der Waals surface area contributed by atoms with Crippen molar-refractivity contribution in [2.24, 2.45) is 0 Å². The van der Waals surface area contributed by atoms with Crippen LogP contribution in [0, 0.1) is 0 Å². The van der Waals surface area contributed by atoms with Gasteiger partial charge in [-0.3, -0.25) is 4.79 Å². The van der Waals surface area contributed by atoms with Gasteiger partial charge in [0.25, 0.3) is 5.91 Å². The number of amides is 1. The zero-order valence-electron chi connectivity index (χ0n) is 18.1. The monoisotopic (exact) mass is 400 g/mol. The molecule has 0 radical (unpaired) electrons. The van der Waals surface area contributed by atoms with Crippen LogP contribution in [0.2, 0.25) is 0 Å². The van der Waals surface area contributed by atoms with E-state index in [1.54, 1.807) is 0 Å². The van der Waals surface area contributed by atoms with Crippen molar-refractivity contribution in [3.63, 3.8) is 0 Å². The lowest BCUT2D eigenvalue weighted by molar-refractivity contribution is -0.0540. The van der Waals surface area contributed by atoms with E-state index in [-0.39, 0.29) is 5.91 Å². The molecule has 0 aromatic carbocycles. The summed E-state index contributed by atoms with van der Waals surface area (Å²) in [6.07, 6.45) is 9.35. The third-order valence-electron chi connectivity index (χ3n) is 6.76. The van der Waals surface area contributed by atoms with E-state index in [1.807, 2.05) is 17.2 Å². The molecule has 29 heavy (non-hydrogen) atoms. The van der Waals surface area contributed by atoms with Crippen molar-refractivity contribution in [1.82, 2.24) is 14.8 Å². The highest BCUT2D eigenvalue weighted by Gasteiger charge is 2.27. The summed E-state index contributed by atoms with van der Waals surface area (Å²) in [5.74, 6) is 0.0738. The Morgan fingerprint density at radius 1 is 0.966 bits per heavy atom. The fourth-order valence-corrected chi connectivity index (χ4v) is 4.83. The highest BCUT2D eigenvalue weighted by atomic mass is 16.5. The summed E-state index contributed by atoms with van der Waals surface area (Å²) < 4.78 is 6.43. The molecule has 1 aromatic heterocycles. The summed E-state index contributed by atoms with van der Waals surface area (Å²) in [4.78, 5) is 23.8. The van der Waals surface area contributed by atoms with Gasteiger partial charge in [0.15, 0.2) is 0 Å². The Bertz CT molecular complexity index is 656. The third-order valence-corrected chi connectivity index (χ3v) is 6.76. The molecule has 4 rings (SSSR count). The average molecular weight is 401 g/mol. The summed E-state index contributed by atoms with van der Waals surface area (Å²) >= 11 is 0. The largest absolute Gasteiger partial charge is 0.375 e. The second kappa shape index (κ2) is 9.43. The van der Waals surface area contributed by atoms with Crippen LogP contribution in [0.1, 0.15) is 62.9 Å². The van der Waals surface area contributed by atoms with Gasteiger partial charge in [0.05, 0.1) is 24.1 Å². The number of nitrogens with zero attached hydrogens (tertiary/aromatic N) is 4. The van der Waals surface area contributed by atoms with Gasteiger partial charge in [0.1, 0.15) is 5.69 Å². The molecule has 3 aliphatic heterocycles. The number of pyridine rings is 1. The molecule has 0 N–H and O–H groups in total. The third kappa shape index (κ3) is 5.10. The molecule has 6 heteroatoms. The number of hydrogen-bond donors (Lipinski definition) is 0. The van der Waals surface area contributed by atoms with E-state index in [0.29, 0.717) is 23.9 Å². The summed E-state index contributed by atoms with van der Waals surface area (Å²) in [5.41, 5.74) is 1.69. The predicted molar refractivity (Wildman–Crippen MR) is 115 cm³/mol. The number of carbonyl (C=O) groups excluding carboxylic acids is 1. The Balaban J connectivity index is 1.23. The van der Waals surface area contributed by atoms with Crippen LogP contribution < -0.4 is 4.90 Å². The number of hydrogen-bond acceptors (Lipinski definition) is 5. The van der Waals surface area contributed by atoms with Gasteiger partial charge in [0, 0.05) is 45.3 Å². The molecule has 1 amide bonds. The molecule has 3 saturated heterocycles. The molecule has 4 heterocycles. The van der Waals surface area contributed by atoms with Crippen LogP contribution in [0.25, 0.3) is 0 Å². The topological polar surface area (TPSA) is 48.9 Å². The number of piperidine rings is 2. The molecule has 0 aliphatic carbocycles. The molecular weight excluding hydrogens is 364 g/mol. The first kappa shape index (κ1) is 20.6. The summed E-state index contributed by atoms with van der Waals surface area (Å²) in [7, 11) is 0. The predicted octanol–water partition coefficient (Wildman–Crippen LogP) is 3.18. The first-order chi connectivity index (χ1) is 14.1. The minimum atomic E-state index is 0.0738. The number of likely N-dealkylation sites (tertiary alicyclic amines) is 2. The lowest BCUT2D eigenvalue weighted by atomic mass is 10.0. The minimum absolute atomic E-state index is 0.0738. The summed E-state index contributed by atoms with van der Waals surface area (Å²) in [6.45, 7) is 10.6. The Labute approximate surface area is 175 Å². The zero-order valence-corrected chi connectivity index (χ0v) is 18.1. The van der Waals surface area contributed by atoms with E-state index in [4.69, 9.17) is 4.74 Å². The molecule has 6 nitrogen and oxygen atoms in total. The molecule has 0 saturated carbocycles. The Morgan fingerprint density at radius 3 is 2.14 bits per heavy atom. The number of carbonyl (C=O) groups is 1. The van der Waals surface area contributed by atoms with Gasteiger partial charge in [-0.1, -0.05) is 0 Å². The van der Waals surface area contributed by atoms with Gasteiger partial charge < -0.3 is 19.4 Å². The van der Waals surface area contributed by atoms with Crippen molar-refractivity contribution >= 4 is 11.6 Å². The van der Waals surface area contributed by atoms with Crippen LogP contribution in [0.5, 0.6) is 0 Å². The van der Waals surface area contributed by atoms with Crippen LogP contribution in [-0.2, 0) is 4.74 Å². The molecule has 0 unspecified atom stereocenters. The van der Waals surface area contributed by atoms with E-state index in [2.05, 4.69) is 34.7 Å². The maximum Gasteiger partial charge on any atom is 0.272 e. The van der Waals surface area contributed by atoms with Gasteiger partial charge in [-0.25, -0.2) is 4.98 Å². The van der Waals surface area contributed by atoms with Crippen LogP contribution in [0.15, 0.2) is 18.3 Å². The smallest absolute Gasteiger partial charge is 0.272 e. The molecule has 1 aromatic rings. The van der Waals surface area contributed by atoms with E-state index in [1.165, 1.54) is 0 Å². The molecule has 0 bridgehead atoms. The lowest BCUT2D eigenvalue weighted by Gasteiger charge is -2.38. The van der Waals surface area contributed by atoms with Gasteiger partial charge >= 0.3 is 0 Å². The molecule has 160 valence electrons. The fourth-order valence-electron chi connectivity index (χ4n) is 4.83. The SMILES string of the molecule is CC(C)N1CCC(OC2CCN(c3ccc(C(=O)N4CCCC4)nc3)CC2)CC1. The fraction of sp³-hybridized carbons (Fsp3) is 0.739. The van der Waals surface area contributed by atoms with Gasteiger partial charge in [-0.15, -0.1) is 0 Å². The van der Waals surface area contributed by atoms with Gasteiger partial charge in [-0.05, 0) is 64.5 Å². The zero-order chi connectivity index (χ0) is 20.2. The number of rotatable bonds is 5. The average Bonchev–Trinajstić information content (AvgIpc) is 3.29. The van der Waals surface area contributed by atoms with Crippen LogP contribution >= 0.6 is 0 Å². The maximum atomic E-state index is 12.5. The van der Waals surface area contributed by atoms with E-state index in [0.717, 1.165) is 83.5 Å². The van der Waals surface area contributed by atoms with Crippen LogP contribution in [-0.4, -0.2) is 78.2 Å². The van der Waals surface area contributed by atoms with Gasteiger partial charge in [-0.2, -0.15) is 0 Å². The van der Waals surface area contributed by atoms with E-state index >= 15 is 0 Å². The van der Waals surface area contributed by atoms with Crippen molar-refractivity contribution in [2.45, 2.75) is 70.6 Å². The van der Waals surface area contributed by atoms with Crippen molar-refractivity contribution in [1.29, 1.82) is 0 Å². The standard InChI is InChI=1S/C23H36N4O2/c1-18(2)25-13-7-20(8-14-25)29-21-9-15-26(16-10-21)19-5-6-22(24-17-19)23(28)27-11-3-4-12-27/h5-6,17-18,20-21H,3-4,7-16H2,1-2H3. The molecule has 3 aliphatic rings. The highest BCUT2D eigenvalue weighted by molar-refractivity contribution is 5.92. The normalized spacial score (nSPS) is 22.6. The highest BCUT2D eigenvalue weighted by Crippen LogP contribution is 2.25. The van der Waals surface area contributed by atoms with Crippen molar-refractivity contribution in [3.8, 4) is 0 Å². The number of aromatic nitrogens is 1. The molecular formula is C23H36N4O2. The van der Waals surface area contributed by atoms with Crippen molar-refractivity contribution in [3.05, 3.63) is 24.0 Å².